The van der Waals surface area contributed by atoms with Crippen LogP contribution < -0.4 is 14.8 Å². The molecule has 1 N–H and O–H groups in total. The van der Waals surface area contributed by atoms with Crippen LogP contribution in [0.2, 0.25) is 0 Å². The number of hydrogen-bond acceptors (Lipinski definition) is 5. The lowest BCUT2D eigenvalue weighted by atomic mass is 10.1. The predicted octanol–water partition coefficient (Wildman–Crippen LogP) is 3.49. The number of ether oxygens (including phenoxy) is 2. The average Bonchev–Trinajstić information content (AvgIpc) is 2.81. The Kier molecular flexibility index (Phi) is 6.79. The quantitative estimate of drug-likeness (QED) is 0.716. The molecule has 6 nitrogen and oxygen atoms in total. The smallest absolute Gasteiger partial charge is 0.253 e. The van der Waals surface area contributed by atoms with Crippen LogP contribution in [-0.4, -0.2) is 48.8 Å². The van der Waals surface area contributed by atoms with E-state index in [0.29, 0.717) is 31.1 Å². The van der Waals surface area contributed by atoms with Crippen LogP contribution in [0.3, 0.4) is 0 Å². The minimum absolute atomic E-state index is 0.0386. The summed E-state index contributed by atoms with van der Waals surface area (Å²) >= 11 is 1.46. The lowest BCUT2D eigenvalue weighted by Gasteiger charge is -2.26. The first kappa shape index (κ1) is 20.6. The largest absolute Gasteiger partial charge is 0.486 e. The topological polar surface area (TPSA) is 67.9 Å². The number of nitrogens with zero attached hydrogens (tertiary/aromatic N) is 1. The lowest BCUT2D eigenvalue weighted by molar-refractivity contribution is -0.118. The fraction of sp³-hybridized carbons (Fsp3) is 0.391. The summed E-state index contributed by atoms with van der Waals surface area (Å²) in [6, 6.07) is 13.2. The van der Waals surface area contributed by atoms with Crippen molar-refractivity contribution in [1.29, 1.82) is 0 Å². The molecule has 1 fully saturated rings. The first-order valence-electron chi connectivity index (χ1n) is 10.4. The normalized spacial score (nSPS) is 15.5. The highest BCUT2D eigenvalue weighted by Crippen LogP contribution is 2.34. The SMILES string of the molecule is O=C(CSc1ccc2c(c1)OCCO2)NCc1ccc(C(=O)N2CCCCC2)cc1. The van der Waals surface area contributed by atoms with E-state index < -0.39 is 0 Å². The summed E-state index contributed by atoms with van der Waals surface area (Å²) < 4.78 is 11.1. The van der Waals surface area contributed by atoms with E-state index in [-0.39, 0.29) is 11.8 Å². The number of amides is 2. The minimum Gasteiger partial charge on any atom is -0.486 e. The molecule has 0 unspecified atom stereocenters. The van der Waals surface area contributed by atoms with Crippen molar-refractivity contribution in [3.8, 4) is 11.5 Å². The molecule has 0 aliphatic carbocycles. The second-order valence-corrected chi connectivity index (χ2v) is 8.47. The van der Waals surface area contributed by atoms with E-state index in [0.717, 1.165) is 47.9 Å². The van der Waals surface area contributed by atoms with E-state index in [1.165, 1.54) is 18.2 Å². The van der Waals surface area contributed by atoms with Crippen molar-refractivity contribution >= 4 is 23.6 Å². The van der Waals surface area contributed by atoms with Crippen LogP contribution in [0, 0.1) is 0 Å². The molecule has 2 aliphatic heterocycles. The van der Waals surface area contributed by atoms with E-state index in [2.05, 4.69) is 5.32 Å². The molecule has 2 aromatic carbocycles. The van der Waals surface area contributed by atoms with Gasteiger partial charge >= 0.3 is 0 Å². The summed E-state index contributed by atoms with van der Waals surface area (Å²) in [4.78, 5) is 27.6. The van der Waals surface area contributed by atoms with Crippen LogP contribution in [0.25, 0.3) is 0 Å². The van der Waals surface area contributed by atoms with Gasteiger partial charge in [0.25, 0.3) is 5.91 Å². The number of hydrogen-bond donors (Lipinski definition) is 1. The number of fused-ring (bicyclic) bond motifs is 1. The number of likely N-dealkylation sites (tertiary alicyclic amines) is 1. The number of rotatable bonds is 6. The molecule has 0 saturated carbocycles. The molecule has 0 bridgehead atoms. The summed E-state index contributed by atoms with van der Waals surface area (Å²) in [7, 11) is 0. The average molecular weight is 427 g/mol. The Balaban J connectivity index is 1.23. The van der Waals surface area contributed by atoms with Gasteiger partial charge in [-0.2, -0.15) is 0 Å². The Bertz CT molecular complexity index is 895. The standard InChI is InChI=1S/C23H26N2O4S/c26-22(16-30-19-8-9-20-21(14-19)29-13-12-28-20)24-15-17-4-6-18(7-5-17)23(27)25-10-2-1-3-11-25/h4-9,14H,1-3,10-13,15-16H2,(H,24,26). The maximum absolute atomic E-state index is 12.5. The van der Waals surface area contributed by atoms with Gasteiger partial charge < -0.3 is 19.7 Å². The highest BCUT2D eigenvalue weighted by molar-refractivity contribution is 8.00. The predicted molar refractivity (Wildman–Crippen MR) is 116 cm³/mol. The van der Waals surface area contributed by atoms with Crippen molar-refractivity contribution in [1.82, 2.24) is 10.2 Å². The molecular weight excluding hydrogens is 400 g/mol. The summed E-state index contributed by atoms with van der Waals surface area (Å²) in [5.41, 5.74) is 1.68. The second-order valence-electron chi connectivity index (χ2n) is 7.42. The number of piperidine rings is 1. The molecule has 0 radical (unpaired) electrons. The monoisotopic (exact) mass is 426 g/mol. The zero-order valence-corrected chi connectivity index (χ0v) is 17.7. The van der Waals surface area contributed by atoms with E-state index in [9.17, 15) is 9.59 Å². The molecule has 2 aliphatic rings. The summed E-state index contributed by atoms with van der Waals surface area (Å²) in [6.45, 7) is 3.24. The molecule has 4 rings (SSSR count). The van der Waals surface area contributed by atoms with Gasteiger partial charge in [-0.3, -0.25) is 9.59 Å². The lowest BCUT2D eigenvalue weighted by Crippen LogP contribution is -2.35. The number of benzene rings is 2. The molecule has 2 amide bonds. The van der Waals surface area contributed by atoms with Gasteiger partial charge in [0.1, 0.15) is 13.2 Å². The van der Waals surface area contributed by atoms with Gasteiger partial charge in [0.15, 0.2) is 11.5 Å². The first-order valence-corrected chi connectivity index (χ1v) is 11.3. The minimum atomic E-state index is -0.0386. The Morgan fingerprint density at radius 2 is 1.67 bits per heavy atom. The van der Waals surface area contributed by atoms with Gasteiger partial charge in [-0.15, -0.1) is 11.8 Å². The first-order chi connectivity index (χ1) is 14.7. The van der Waals surface area contributed by atoms with E-state index in [4.69, 9.17) is 9.47 Å². The highest BCUT2D eigenvalue weighted by atomic mass is 32.2. The maximum atomic E-state index is 12.5. The molecule has 0 atom stereocenters. The molecule has 30 heavy (non-hydrogen) atoms. The zero-order valence-electron chi connectivity index (χ0n) is 16.9. The third-order valence-corrected chi connectivity index (χ3v) is 6.21. The molecule has 158 valence electrons. The van der Waals surface area contributed by atoms with Crippen LogP contribution in [0.5, 0.6) is 11.5 Å². The van der Waals surface area contributed by atoms with Crippen LogP contribution in [0.1, 0.15) is 35.2 Å². The fourth-order valence-corrected chi connectivity index (χ4v) is 4.31. The summed E-state index contributed by atoms with van der Waals surface area (Å²) in [6.07, 6.45) is 3.37. The van der Waals surface area contributed by atoms with E-state index in [1.807, 2.05) is 47.4 Å². The van der Waals surface area contributed by atoms with E-state index >= 15 is 0 Å². The number of thioether (sulfide) groups is 1. The number of nitrogens with one attached hydrogen (secondary N) is 1. The van der Waals surface area contributed by atoms with Gasteiger partial charge in [-0.25, -0.2) is 0 Å². The molecule has 1 saturated heterocycles. The fourth-order valence-electron chi connectivity index (χ4n) is 3.56. The van der Waals surface area contributed by atoms with Gasteiger partial charge in [0, 0.05) is 30.1 Å². The van der Waals surface area contributed by atoms with Gasteiger partial charge in [-0.1, -0.05) is 12.1 Å². The van der Waals surface area contributed by atoms with Crippen molar-refractivity contribution in [3.05, 3.63) is 53.6 Å². The Hall–Kier alpha value is -2.67. The van der Waals surface area contributed by atoms with Crippen LogP contribution in [-0.2, 0) is 11.3 Å². The van der Waals surface area contributed by atoms with Crippen molar-refractivity contribution in [2.75, 3.05) is 32.1 Å². The molecule has 0 aromatic heterocycles. The molecule has 2 aromatic rings. The molecular formula is C23H26N2O4S. The Morgan fingerprint density at radius 1 is 0.933 bits per heavy atom. The number of carbonyl (C=O) groups excluding carboxylic acids is 2. The Labute approximate surface area is 180 Å². The van der Waals surface area contributed by atoms with Crippen molar-refractivity contribution < 1.29 is 19.1 Å². The zero-order chi connectivity index (χ0) is 20.8. The summed E-state index contributed by atoms with van der Waals surface area (Å²) in [5, 5.41) is 2.93. The Morgan fingerprint density at radius 3 is 2.43 bits per heavy atom. The summed E-state index contributed by atoms with van der Waals surface area (Å²) in [5.74, 6) is 1.86. The molecule has 7 heteroatoms. The van der Waals surface area contributed by atoms with Crippen molar-refractivity contribution in [2.45, 2.75) is 30.7 Å². The maximum Gasteiger partial charge on any atom is 0.253 e. The third kappa shape index (κ3) is 5.27. The van der Waals surface area contributed by atoms with Crippen LogP contribution in [0.15, 0.2) is 47.4 Å². The van der Waals surface area contributed by atoms with Crippen molar-refractivity contribution in [2.24, 2.45) is 0 Å². The van der Waals surface area contributed by atoms with Gasteiger partial charge in [0.05, 0.1) is 5.75 Å². The molecule has 2 heterocycles. The van der Waals surface area contributed by atoms with E-state index in [1.54, 1.807) is 0 Å². The van der Waals surface area contributed by atoms with Gasteiger partial charge in [-0.05, 0) is 55.2 Å². The second kappa shape index (κ2) is 9.89. The third-order valence-electron chi connectivity index (χ3n) is 5.22. The highest BCUT2D eigenvalue weighted by Gasteiger charge is 2.18. The number of carbonyl (C=O) groups is 2. The van der Waals surface area contributed by atoms with Gasteiger partial charge in [0.2, 0.25) is 5.91 Å². The van der Waals surface area contributed by atoms with Crippen LogP contribution in [0.4, 0.5) is 0 Å². The van der Waals surface area contributed by atoms with Crippen molar-refractivity contribution in [3.63, 3.8) is 0 Å². The molecule has 0 spiro atoms. The van der Waals surface area contributed by atoms with Crippen LogP contribution >= 0.6 is 11.8 Å².